The highest BCUT2D eigenvalue weighted by Gasteiger charge is 2.37. The predicted molar refractivity (Wildman–Crippen MR) is 74.1 cm³/mol. The van der Waals surface area contributed by atoms with Crippen molar-refractivity contribution in [2.45, 2.75) is 25.8 Å². The Bertz CT molecular complexity index is 520. The first-order valence-corrected chi connectivity index (χ1v) is 7.32. The summed E-state index contributed by atoms with van der Waals surface area (Å²) in [4.78, 5) is 29.5. The van der Waals surface area contributed by atoms with Crippen LogP contribution in [0.1, 0.15) is 27.4 Å². The van der Waals surface area contributed by atoms with Crippen LogP contribution in [-0.2, 0) is 4.79 Å². The van der Waals surface area contributed by atoms with Crippen molar-refractivity contribution in [1.82, 2.24) is 9.80 Å². The number of nitrogen functional groups attached to an aromatic ring is 1. The van der Waals surface area contributed by atoms with Crippen LogP contribution >= 0.6 is 11.3 Å². The lowest BCUT2D eigenvalue weighted by molar-refractivity contribution is -0.130. The van der Waals surface area contributed by atoms with Gasteiger partial charge in [0.15, 0.2) is 0 Å². The zero-order valence-corrected chi connectivity index (χ0v) is 11.7. The fourth-order valence-corrected chi connectivity index (χ4v) is 3.72. The van der Waals surface area contributed by atoms with E-state index in [9.17, 15) is 9.59 Å². The first-order chi connectivity index (χ1) is 9.06. The highest BCUT2D eigenvalue weighted by atomic mass is 32.1. The Balaban J connectivity index is 1.73. The van der Waals surface area contributed by atoms with Crippen LogP contribution in [-0.4, -0.2) is 47.3 Å². The zero-order chi connectivity index (χ0) is 13.6. The lowest BCUT2D eigenvalue weighted by Crippen LogP contribution is -2.53. The minimum absolute atomic E-state index is 0.0452. The Hall–Kier alpha value is -1.56. The second-order valence-corrected chi connectivity index (χ2v) is 6.41. The standard InChI is InChI=1S/C13H17N3O2S/c1-8-10(14)6-11(19-8)13(18)15-4-5-16-9(7-15)2-3-12(16)17/h6,9H,2-5,7,14H2,1H3. The number of rotatable bonds is 1. The average molecular weight is 279 g/mol. The van der Waals surface area contributed by atoms with Crippen LogP contribution in [0.25, 0.3) is 0 Å². The van der Waals surface area contributed by atoms with Gasteiger partial charge in [0, 0.05) is 42.7 Å². The molecule has 1 unspecified atom stereocenters. The predicted octanol–water partition coefficient (Wildman–Crippen LogP) is 1.09. The number of carbonyl (C=O) groups is 2. The largest absolute Gasteiger partial charge is 0.398 e. The van der Waals surface area contributed by atoms with E-state index >= 15 is 0 Å². The quantitative estimate of drug-likeness (QED) is 0.836. The molecule has 1 aromatic heterocycles. The number of fused-ring (bicyclic) bond motifs is 1. The van der Waals surface area contributed by atoms with E-state index in [0.717, 1.165) is 11.3 Å². The molecule has 0 bridgehead atoms. The number of nitrogens with zero attached hydrogens (tertiary/aromatic N) is 2. The van der Waals surface area contributed by atoms with Gasteiger partial charge in [0.05, 0.1) is 4.88 Å². The molecule has 0 aliphatic carbocycles. The zero-order valence-electron chi connectivity index (χ0n) is 10.9. The molecule has 102 valence electrons. The van der Waals surface area contributed by atoms with E-state index in [4.69, 9.17) is 5.73 Å². The van der Waals surface area contributed by atoms with Crippen LogP contribution in [0.3, 0.4) is 0 Å². The number of aryl methyl sites for hydroxylation is 1. The number of thiophene rings is 1. The molecule has 3 rings (SSSR count). The molecule has 0 aromatic carbocycles. The molecule has 2 saturated heterocycles. The third-order valence-electron chi connectivity index (χ3n) is 3.95. The van der Waals surface area contributed by atoms with Crippen LogP contribution in [0.15, 0.2) is 6.07 Å². The highest BCUT2D eigenvalue weighted by Crippen LogP contribution is 2.27. The topological polar surface area (TPSA) is 66.6 Å². The fourth-order valence-electron chi connectivity index (χ4n) is 2.81. The van der Waals surface area contributed by atoms with E-state index in [1.165, 1.54) is 11.3 Å². The second-order valence-electron chi connectivity index (χ2n) is 5.15. The summed E-state index contributed by atoms with van der Waals surface area (Å²) in [5.41, 5.74) is 6.48. The van der Waals surface area contributed by atoms with Crippen molar-refractivity contribution < 1.29 is 9.59 Å². The molecular formula is C13H17N3O2S. The van der Waals surface area contributed by atoms with Gasteiger partial charge < -0.3 is 15.5 Å². The van der Waals surface area contributed by atoms with Crippen molar-refractivity contribution in [3.8, 4) is 0 Å². The molecule has 5 nitrogen and oxygen atoms in total. The van der Waals surface area contributed by atoms with Gasteiger partial charge in [0.2, 0.25) is 5.91 Å². The molecule has 2 amide bonds. The summed E-state index contributed by atoms with van der Waals surface area (Å²) >= 11 is 1.45. The van der Waals surface area contributed by atoms with E-state index in [-0.39, 0.29) is 17.9 Å². The second kappa shape index (κ2) is 4.52. The summed E-state index contributed by atoms with van der Waals surface area (Å²) in [5.74, 6) is 0.275. The molecule has 3 heterocycles. The molecule has 1 aromatic rings. The van der Waals surface area contributed by atoms with Gasteiger partial charge in [0.25, 0.3) is 5.91 Å². The van der Waals surface area contributed by atoms with Gasteiger partial charge in [-0.2, -0.15) is 0 Å². The van der Waals surface area contributed by atoms with Gasteiger partial charge in [0.1, 0.15) is 0 Å². The molecule has 2 aliphatic rings. The van der Waals surface area contributed by atoms with Gasteiger partial charge >= 0.3 is 0 Å². The maximum absolute atomic E-state index is 12.4. The van der Waals surface area contributed by atoms with Crippen LogP contribution in [0, 0.1) is 6.92 Å². The van der Waals surface area contributed by atoms with Crippen molar-refractivity contribution in [2.24, 2.45) is 0 Å². The van der Waals surface area contributed by atoms with Crippen molar-refractivity contribution in [3.05, 3.63) is 15.8 Å². The number of nitrogens with two attached hydrogens (primary N) is 1. The third-order valence-corrected chi connectivity index (χ3v) is 5.00. The Morgan fingerprint density at radius 1 is 1.47 bits per heavy atom. The van der Waals surface area contributed by atoms with Crippen LogP contribution in [0.5, 0.6) is 0 Å². The van der Waals surface area contributed by atoms with E-state index in [2.05, 4.69) is 0 Å². The molecule has 0 radical (unpaired) electrons. The first-order valence-electron chi connectivity index (χ1n) is 6.51. The molecule has 0 saturated carbocycles. The Kier molecular flexibility index (Phi) is 2.97. The molecular weight excluding hydrogens is 262 g/mol. The summed E-state index contributed by atoms with van der Waals surface area (Å²) in [5, 5.41) is 0. The minimum Gasteiger partial charge on any atom is -0.398 e. The van der Waals surface area contributed by atoms with E-state index in [0.29, 0.717) is 36.6 Å². The van der Waals surface area contributed by atoms with Crippen LogP contribution in [0.2, 0.25) is 0 Å². The number of anilines is 1. The van der Waals surface area contributed by atoms with Gasteiger partial charge in [-0.25, -0.2) is 0 Å². The molecule has 2 fully saturated rings. The van der Waals surface area contributed by atoms with Gasteiger partial charge in [-0.05, 0) is 19.4 Å². The van der Waals surface area contributed by atoms with Crippen LogP contribution < -0.4 is 5.73 Å². The highest BCUT2D eigenvalue weighted by molar-refractivity contribution is 7.14. The molecule has 2 N–H and O–H groups in total. The molecule has 0 spiro atoms. The number of piperazine rings is 1. The van der Waals surface area contributed by atoms with Gasteiger partial charge in [-0.1, -0.05) is 0 Å². The maximum Gasteiger partial charge on any atom is 0.264 e. The number of amides is 2. The molecule has 19 heavy (non-hydrogen) atoms. The van der Waals surface area contributed by atoms with E-state index < -0.39 is 0 Å². The summed E-state index contributed by atoms with van der Waals surface area (Å²) < 4.78 is 0. The van der Waals surface area contributed by atoms with Crippen molar-refractivity contribution in [1.29, 1.82) is 0 Å². The Morgan fingerprint density at radius 3 is 2.95 bits per heavy atom. The normalized spacial score (nSPS) is 22.8. The maximum atomic E-state index is 12.4. The Labute approximate surface area is 116 Å². The minimum atomic E-state index is 0.0452. The van der Waals surface area contributed by atoms with Gasteiger partial charge in [-0.15, -0.1) is 11.3 Å². The van der Waals surface area contributed by atoms with Crippen molar-refractivity contribution >= 4 is 28.8 Å². The summed E-state index contributed by atoms with van der Waals surface area (Å²) in [6, 6.07) is 1.97. The smallest absolute Gasteiger partial charge is 0.264 e. The first kappa shape index (κ1) is 12.5. The van der Waals surface area contributed by atoms with Gasteiger partial charge in [-0.3, -0.25) is 9.59 Å². The van der Waals surface area contributed by atoms with Crippen molar-refractivity contribution in [3.63, 3.8) is 0 Å². The van der Waals surface area contributed by atoms with Crippen molar-refractivity contribution in [2.75, 3.05) is 25.4 Å². The lowest BCUT2D eigenvalue weighted by atomic mass is 10.1. The number of hydrogen-bond acceptors (Lipinski definition) is 4. The van der Waals surface area contributed by atoms with Crippen LogP contribution in [0.4, 0.5) is 5.69 Å². The van der Waals surface area contributed by atoms with E-state index in [1.54, 1.807) is 6.07 Å². The molecule has 6 heteroatoms. The fraction of sp³-hybridized carbons (Fsp3) is 0.538. The SMILES string of the molecule is Cc1sc(C(=O)N2CCN3C(=O)CCC3C2)cc1N. The summed E-state index contributed by atoms with van der Waals surface area (Å²) in [7, 11) is 0. The average Bonchev–Trinajstić information content (AvgIpc) is 2.93. The molecule has 1 atom stereocenters. The summed E-state index contributed by atoms with van der Waals surface area (Å²) in [6.07, 6.45) is 1.49. The van der Waals surface area contributed by atoms with E-state index in [1.807, 2.05) is 16.7 Å². The summed E-state index contributed by atoms with van der Waals surface area (Å²) in [6.45, 7) is 3.86. The monoisotopic (exact) mass is 279 g/mol. The number of carbonyl (C=O) groups excluding carboxylic acids is 2. The number of hydrogen-bond donors (Lipinski definition) is 1. The lowest BCUT2D eigenvalue weighted by Gasteiger charge is -2.37. The molecule has 2 aliphatic heterocycles. The Morgan fingerprint density at radius 2 is 2.26 bits per heavy atom. The third kappa shape index (κ3) is 2.10.